The molecule has 0 aliphatic carbocycles. The predicted molar refractivity (Wildman–Crippen MR) is 101 cm³/mol. The fourth-order valence-corrected chi connectivity index (χ4v) is 4.68. The van der Waals surface area contributed by atoms with Crippen molar-refractivity contribution in [2.24, 2.45) is 0 Å². The molecule has 0 unspecified atom stereocenters. The molecule has 4 heterocycles. The number of piperazine rings is 1. The summed E-state index contributed by atoms with van der Waals surface area (Å²) < 4.78 is 0. The second-order valence-electron chi connectivity index (χ2n) is 7.06. The number of H-pyrrole nitrogens is 1. The molecule has 1 amide bonds. The third-order valence-corrected chi connectivity index (χ3v) is 6.15. The normalized spacial score (nSPS) is 19.6. The number of carbonyl (C=O) groups excluding carboxylic acids is 1. The first kappa shape index (κ1) is 16.8. The van der Waals surface area contributed by atoms with Crippen molar-refractivity contribution in [3.05, 3.63) is 45.9 Å². The molecule has 2 aliphatic heterocycles. The van der Waals surface area contributed by atoms with Crippen LogP contribution in [0.15, 0.2) is 29.8 Å². The fourth-order valence-electron chi connectivity index (χ4n) is 3.75. The number of thiophene rings is 1. The molecule has 0 aromatic carbocycles. The highest BCUT2D eigenvalue weighted by Crippen LogP contribution is 2.21. The number of rotatable bonds is 5. The van der Waals surface area contributed by atoms with Crippen LogP contribution < -0.4 is 0 Å². The molecule has 5 nitrogen and oxygen atoms in total. The quantitative estimate of drug-likeness (QED) is 0.893. The minimum Gasteiger partial charge on any atom is -0.357 e. The van der Waals surface area contributed by atoms with Gasteiger partial charge in [-0.15, -0.1) is 11.3 Å². The van der Waals surface area contributed by atoms with E-state index >= 15 is 0 Å². The van der Waals surface area contributed by atoms with E-state index in [1.54, 1.807) is 6.20 Å². The smallest absolute Gasteiger partial charge is 0.270 e. The average molecular weight is 359 g/mol. The van der Waals surface area contributed by atoms with Gasteiger partial charge in [0.15, 0.2) is 0 Å². The van der Waals surface area contributed by atoms with E-state index in [1.165, 1.54) is 36.4 Å². The molecule has 0 atom stereocenters. The molecular weight excluding hydrogens is 332 g/mol. The molecular formula is C19H26N4OS. The number of hydrogen-bond acceptors (Lipinski definition) is 4. The van der Waals surface area contributed by atoms with Gasteiger partial charge in [-0.25, -0.2) is 0 Å². The first-order chi connectivity index (χ1) is 12.3. The first-order valence-electron chi connectivity index (χ1n) is 9.21. The Kier molecular flexibility index (Phi) is 5.20. The Hall–Kier alpha value is -1.63. The molecule has 2 fully saturated rings. The molecule has 2 aromatic rings. The highest BCUT2D eigenvalue weighted by molar-refractivity contribution is 7.10. The molecule has 4 rings (SSSR count). The van der Waals surface area contributed by atoms with Gasteiger partial charge in [0, 0.05) is 50.3 Å². The number of aromatic amines is 1. The van der Waals surface area contributed by atoms with E-state index in [1.807, 2.05) is 28.4 Å². The first-order valence-corrected chi connectivity index (χ1v) is 10.1. The molecule has 0 radical (unpaired) electrons. The van der Waals surface area contributed by atoms with Gasteiger partial charge in [0.2, 0.25) is 0 Å². The Balaban J connectivity index is 1.26. The Morgan fingerprint density at radius 2 is 1.80 bits per heavy atom. The second kappa shape index (κ2) is 7.72. The summed E-state index contributed by atoms with van der Waals surface area (Å²) in [6, 6.07) is 6.10. The highest BCUT2D eigenvalue weighted by Gasteiger charge is 2.23. The van der Waals surface area contributed by atoms with Gasteiger partial charge in [0.25, 0.3) is 5.91 Å². The minimum atomic E-state index is 0.119. The van der Waals surface area contributed by atoms with Crippen LogP contribution >= 0.6 is 11.3 Å². The van der Waals surface area contributed by atoms with Crippen LogP contribution in [0.4, 0.5) is 0 Å². The number of nitrogens with one attached hydrogen (secondary N) is 1. The highest BCUT2D eigenvalue weighted by atomic mass is 32.1. The number of amides is 1. The summed E-state index contributed by atoms with van der Waals surface area (Å²) in [4.78, 5) is 23.8. The summed E-state index contributed by atoms with van der Waals surface area (Å²) in [7, 11) is 0. The lowest BCUT2D eigenvalue weighted by molar-refractivity contribution is 0.0624. The van der Waals surface area contributed by atoms with Crippen molar-refractivity contribution in [3.8, 4) is 0 Å². The summed E-state index contributed by atoms with van der Waals surface area (Å²) in [6.45, 7) is 8.14. The van der Waals surface area contributed by atoms with Gasteiger partial charge in [-0.1, -0.05) is 0 Å². The van der Waals surface area contributed by atoms with E-state index < -0.39 is 0 Å². The van der Waals surface area contributed by atoms with Crippen LogP contribution in [0.25, 0.3) is 0 Å². The zero-order chi connectivity index (χ0) is 17.1. The van der Waals surface area contributed by atoms with Crippen LogP contribution in [-0.4, -0.2) is 64.9 Å². The van der Waals surface area contributed by atoms with Crippen LogP contribution in [0.1, 0.15) is 33.8 Å². The van der Waals surface area contributed by atoms with E-state index in [0.717, 1.165) is 39.3 Å². The monoisotopic (exact) mass is 358 g/mol. The predicted octanol–water partition coefficient (Wildman–Crippen LogP) is 2.63. The van der Waals surface area contributed by atoms with Crippen LogP contribution in [0.5, 0.6) is 0 Å². The maximum absolute atomic E-state index is 12.4. The van der Waals surface area contributed by atoms with E-state index in [4.69, 9.17) is 0 Å². The SMILES string of the molecule is O=C(c1ccc[nH]1)N1CCN(Cc2cc(CN3CCCC3)cs2)CC1. The van der Waals surface area contributed by atoms with E-state index in [9.17, 15) is 4.79 Å². The summed E-state index contributed by atoms with van der Waals surface area (Å²) in [5, 5.41) is 2.32. The molecule has 2 aliphatic rings. The Morgan fingerprint density at radius 1 is 1.04 bits per heavy atom. The summed E-state index contributed by atoms with van der Waals surface area (Å²) in [6.07, 6.45) is 4.50. The Morgan fingerprint density at radius 3 is 2.52 bits per heavy atom. The van der Waals surface area contributed by atoms with E-state index in [-0.39, 0.29) is 5.91 Å². The van der Waals surface area contributed by atoms with Crippen molar-refractivity contribution in [2.75, 3.05) is 39.3 Å². The summed E-state index contributed by atoms with van der Waals surface area (Å²) >= 11 is 1.88. The lowest BCUT2D eigenvalue weighted by atomic mass is 10.2. The maximum Gasteiger partial charge on any atom is 0.270 e. The van der Waals surface area contributed by atoms with Crippen LogP contribution in [0, 0.1) is 0 Å². The van der Waals surface area contributed by atoms with Gasteiger partial charge in [-0.2, -0.15) is 0 Å². The van der Waals surface area contributed by atoms with Crippen LogP contribution in [0.3, 0.4) is 0 Å². The van der Waals surface area contributed by atoms with Crippen LogP contribution in [0.2, 0.25) is 0 Å². The van der Waals surface area contributed by atoms with Gasteiger partial charge in [-0.3, -0.25) is 14.6 Å². The number of carbonyl (C=O) groups is 1. The molecule has 2 saturated heterocycles. The van der Waals surface area contributed by atoms with Crippen molar-refractivity contribution in [2.45, 2.75) is 25.9 Å². The van der Waals surface area contributed by atoms with Crippen molar-refractivity contribution in [1.29, 1.82) is 0 Å². The van der Waals surface area contributed by atoms with Gasteiger partial charge in [-0.05, 0) is 55.1 Å². The number of hydrogen-bond donors (Lipinski definition) is 1. The fraction of sp³-hybridized carbons (Fsp3) is 0.526. The Bertz CT molecular complexity index is 682. The van der Waals surface area contributed by atoms with Gasteiger partial charge >= 0.3 is 0 Å². The molecule has 2 aromatic heterocycles. The molecule has 25 heavy (non-hydrogen) atoms. The lowest BCUT2D eigenvalue weighted by Gasteiger charge is -2.34. The zero-order valence-corrected chi connectivity index (χ0v) is 15.4. The van der Waals surface area contributed by atoms with Crippen LogP contribution in [-0.2, 0) is 13.1 Å². The lowest BCUT2D eigenvalue weighted by Crippen LogP contribution is -2.48. The molecule has 0 saturated carbocycles. The Labute approximate surface area is 153 Å². The van der Waals surface area contributed by atoms with E-state index in [2.05, 4.69) is 26.2 Å². The molecule has 0 bridgehead atoms. The summed E-state index contributed by atoms with van der Waals surface area (Å²) in [5.41, 5.74) is 2.15. The largest absolute Gasteiger partial charge is 0.357 e. The van der Waals surface area contributed by atoms with Crippen molar-refractivity contribution in [3.63, 3.8) is 0 Å². The number of likely N-dealkylation sites (tertiary alicyclic amines) is 1. The second-order valence-corrected chi connectivity index (χ2v) is 8.05. The molecule has 134 valence electrons. The minimum absolute atomic E-state index is 0.119. The maximum atomic E-state index is 12.4. The molecule has 6 heteroatoms. The third kappa shape index (κ3) is 4.14. The van der Waals surface area contributed by atoms with Gasteiger partial charge < -0.3 is 9.88 Å². The van der Waals surface area contributed by atoms with Crippen molar-refractivity contribution < 1.29 is 4.79 Å². The van der Waals surface area contributed by atoms with Crippen molar-refractivity contribution >= 4 is 17.2 Å². The third-order valence-electron chi connectivity index (χ3n) is 5.18. The number of aromatic nitrogens is 1. The zero-order valence-electron chi connectivity index (χ0n) is 14.6. The average Bonchev–Trinajstić information content (AvgIpc) is 3.38. The van der Waals surface area contributed by atoms with Gasteiger partial charge in [0.1, 0.15) is 5.69 Å². The summed E-state index contributed by atoms with van der Waals surface area (Å²) in [5.74, 6) is 0.119. The number of nitrogens with zero attached hydrogens (tertiary/aromatic N) is 3. The topological polar surface area (TPSA) is 42.6 Å². The standard InChI is InChI=1S/C19H26N4OS/c24-19(18-4-3-5-20-18)23-10-8-22(9-11-23)14-17-12-16(15-25-17)13-21-6-1-2-7-21/h3-5,12,15,20H,1-2,6-11,13-14H2. The molecule has 0 spiro atoms. The van der Waals surface area contributed by atoms with Crippen molar-refractivity contribution in [1.82, 2.24) is 19.7 Å². The van der Waals surface area contributed by atoms with Gasteiger partial charge in [0.05, 0.1) is 0 Å². The van der Waals surface area contributed by atoms with E-state index in [0.29, 0.717) is 5.69 Å². The molecule has 1 N–H and O–H groups in total.